The number of nitrogens with zero attached hydrogens (tertiary/aromatic N) is 2. The standard InChI is InChI=1S/C19H21ClN2S/c1-19(6-9-21)7-10-22(11-8-19)13-15-2-4-16(5-3-15)17-12-18(20)23-14-17/h2-5,12,14H,6-8,10-11,13H2,1H3. The molecule has 0 atom stereocenters. The molecule has 0 bridgehead atoms. The zero-order chi connectivity index (χ0) is 16.3. The maximum atomic E-state index is 8.94. The highest BCUT2D eigenvalue weighted by Crippen LogP contribution is 2.34. The van der Waals surface area contributed by atoms with Crippen LogP contribution < -0.4 is 0 Å². The molecule has 120 valence electrons. The van der Waals surface area contributed by atoms with Crippen molar-refractivity contribution >= 4 is 22.9 Å². The summed E-state index contributed by atoms with van der Waals surface area (Å²) >= 11 is 7.58. The fourth-order valence-corrected chi connectivity index (χ4v) is 4.03. The Morgan fingerprint density at radius 3 is 2.48 bits per heavy atom. The number of hydrogen-bond acceptors (Lipinski definition) is 3. The molecule has 0 saturated carbocycles. The average molecular weight is 345 g/mol. The second-order valence-electron chi connectivity index (χ2n) is 6.76. The van der Waals surface area contributed by atoms with Crippen LogP contribution in [0.25, 0.3) is 11.1 Å². The molecule has 3 rings (SSSR count). The maximum Gasteiger partial charge on any atom is 0.0934 e. The first-order valence-corrected chi connectivity index (χ1v) is 9.26. The monoisotopic (exact) mass is 344 g/mol. The summed E-state index contributed by atoms with van der Waals surface area (Å²) in [4.78, 5) is 2.50. The van der Waals surface area contributed by atoms with E-state index in [1.54, 1.807) is 11.3 Å². The van der Waals surface area contributed by atoms with Gasteiger partial charge in [-0.15, -0.1) is 11.3 Å². The molecule has 2 aromatic rings. The number of piperidine rings is 1. The molecule has 1 aliphatic heterocycles. The Morgan fingerprint density at radius 2 is 1.91 bits per heavy atom. The van der Waals surface area contributed by atoms with E-state index in [2.05, 4.69) is 47.5 Å². The normalized spacial score (nSPS) is 17.8. The van der Waals surface area contributed by atoms with E-state index in [0.29, 0.717) is 6.42 Å². The molecule has 23 heavy (non-hydrogen) atoms. The van der Waals surface area contributed by atoms with Gasteiger partial charge in [-0.3, -0.25) is 4.90 Å². The molecular weight excluding hydrogens is 324 g/mol. The lowest BCUT2D eigenvalue weighted by Gasteiger charge is -2.38. The summed E-state index contributed by atoms with van der Waals surface area (Å²) in [5, 5.41) is 11.0. The number of likely N-dealkylation sites (tertiary alicyclic amines) is 1. The van der Waals surface area contributed by atoms with Crippen LogP contribution in [0.4, 0.5) is 0 Å². The molecule has 1 aromatic carbocycles. The van der Waals surface area contributed by atoms with E-state index >= 15 is 0 Å². The molecule has 1 aromatic heterocycles. The van der Waals surface area contributed by atoms with Crippen molar-refractivity contribution in [2.45, 2.75) is 32.7 Å². The van der Waals surface area contributed by atoms with Crippen LogP contribution in [0, 0.1) is 16.7 Å². The minimum atomic E-state index is 0.216. The van der Waals surface area contributed by atoms with Crippen molar-refractivity contribution in [2.75, 3.05) is 13.1 Å². The van der Waals surface area contributed by atoms with Gasteiger partial charge in [0.05, 0.1) is 10.4 Å². The first kappa shape index (κ1) is 16.5. The van der Waals surface area contributed by atoms with Crippen LogP contribution in [0.5, 0.6) is 0 Å². The van der Waals surface area contributed by atoms with E-state index < -0.39 is 0 Å². The minimum absolute atomic E-state index is 0.216. The summed E-state index contributed by atoms with van der Waals surface area (Å²) < 4.78 is 0.831. The van der Waals surface area contributed by atoms with E-state index in [1.165, 1.54) is 16.7 Å². The predicted molar refractivity (Wildman–Crippen MR) is 97.6 cm³/mol. The van der Waals surface area contributed by atoms with Crippen LogP contribution in [-0.2, 0) is 6.54 Å². The fourth-order valence-electron chi connectivity index (χ4n) is 3.14. The van der Waals surface area contributed by atoms with Crippen molar-refractivity contribution in [2.24, 2.45) is 5.41 Å². The minimum Gasteiger partial charge on any atom is -0.299 e. The summed E-state index contributed by atoms with van der Waals surface area (Å²) in [6, 6.07) is 13.1. The summed E-state index contributed by atoms with van der Waals surface area (Å²) in [6.07, 6.45) is 2.91. The number of benzene rings is 1. The van der Waals surface area contributed by atoms with Gasteiger partial charge in [0.2, 0.25) is 0 Å². The van der Waals surface area contributed by atoms with Crippen molar-refractivity contribution in [3.8, 4) is 17.2 Å². The van der Waals surface area contributed by atoms with Crippen LogP contribution in [0.15, 0.2) is 35.7 Å². The molecule has 0 unspecified atom stereocenters. The van der Waals surface area contributed by atoms with Crippen LogP contribution in [0.2, 0.25) is 4.34 Å². The van der Waals surface area contributed by atoms with Crippen molar-refractivity contribution in [1.82, 2.24) is 4.90 Å². The van der Waals surface area contributed by atoms with Gasteiger partial charge in [-0.05, 0) is 54.1 Å². The fraction of sp³-hybridized carbons (Fsp3) is 0.421. The molecule has 0 aliphatic carbocycles. The number of halogens is 1. The molecule has 2 nitrogen and oxygen atoms in total. The third kappa shape index (κ3) is 4.14. The number of hydrogen-bond donors (Lipinski definition) is 0. The Bertz CT molecular complexity index is 691. The first-order valence-electron chi connectivity index (χ1n) is 8.01. The Hall–Kier alpha value is -1.34. The molecule has 4 heteroatoms. The van der Waals surface area contributed by atoms with E-state index in [4.69, 9.17) is 16.9 Å². The number of thiophene rings is 1. The highest BCUT2D eigenvalue weighted by molar-refractivity contribution is 7.14. The van der Waals surface area contributed by atoms with Gasteiger partial charge in [0.15, 0.2) is 0 Å². The predicted octanol–water partition coefficient (Wildman–Crippen LogP) is 5.58. The molecule has 0 N–H and O–H groups in total. The lowest BCUT2D eigenvalue weighted by Crippen LogP contribution is -2.38. The van der Waals surface area contributed by atoms with Crippen LogP contribution >= 0.6 is 22.9 Å². The third-order valence-corrected chi connectivity index (χ3v) is 5.92. The van der Waals surface area contributed by atoms with Crippen LogP contribution in [0.1, 0.15) is 31.7 Å². The van der Waals surface area contributed by atoms with E-state index in [-0.39, 0.29) is 5.41 Å². The van der Waals surface area contributed by atoms with E-state index in [1.807, 2.05) is 6.07 Å². The zero-order valence-electron chi connectivity index (χ0n) is 13.4. The smallest absolute Gasteiger partial charge is 0.0934 e. The molecule has 1 fully saturated rings. The lowest BCUT2D eigenvalue weighted by molar-refractivity contribution is 0.116. The van der Waals surface area contributed by atoms with Gasteiger partial charge in [-0.1, -0.05) is 42.8 Å². The van der Waals surface area contributed by atoms with E-state index in [9.17, 15) is 0 Å². The quantitative estimate of drug-likeness (QED) is 0.723. The molecule has 0 radical (unpaired) electrons. The van der Waals surface area contributed by atoms with Crippen molar-refractivity contribution in [1.29, 1.82) is 5.26 Å². The summed E-state index contributed by atoms with van der Waals surface area (Å²) in [5.41, 5.74) is 3.97. The SMILES string of the molecule is CC1(CC#N)CCN(Cc2ccc(-c3csc(Cl)c3)cc2)CC1. The molecule has 1 aliphatic rings. The van der Waals surface area contributed by atoms with Gasteiger partial charge < -0.3 is 0 Å². The van der Waals surface area contributed by atoms with Crippen LogP contribution in [0.3, 0.4) is 0 Å². The summed E-state index contributed by atoms with van der Waals surface area (Å²) in [7, 11) is 0. The Balaban J connectivity index is 1.58. The van der Waals surface area contributed by atoms with Crippen molar-refractivity contribution < 1.29 is 0 Å². The molecule has 0 spiro atoms. The highest BCUT2D eigenvalue weighted by Gasteiger charge is 2.29. The van der Waals surface area contributed by atoms with Gasteiger partial charge in [0.25, 0.3) is 0 Å². The average Bonchev–Trinajstić information content (AvgIpc) is 2.97. The molecule has 1 saturated heterocycles. The second kappa shape index (κ2) is 7.05. The van der Waals surface area contributed by atoms with E-state index in [0.717, 1.165) is 36.8 Å². The van der Waals surface area contributed by atoms with Gasteiger partial charge in [0, 0.05) is 18.3 Å². The van der Waals surface area contributed by atoms with Crippen molar-refractivity contribution in [3.63, 3.8) is 0 Å². The summed E-state index contributed by atoms with van der Waals surface area (Å²) in [6.45, 7) is 5.40. The lowest BCUT2D eigenvalue weighted by atomic mass is 9.78. The summed E-state index contributed by atoms with van der Waals surface area (Å²) in [5.74, 6) is 0. The molecule has 0 amide bonds. The second-order valence-corrected chi connectivity index (χ2v) is 8.30. The van der Waals surface area contributed by atoms with Crippen molar-refractivity contribution in [3.05, 3.63) is 45.6 Å². The number of rotatable bonds is 4. The van der Waals surface area contributed by atoms with Gasteiger partial charge in [-0.2, -0.15) is 5.26 Å². The first-order chi connectivity index (χ1) is 11.1. The van der Waals surface area contributed by atoms with Crippen LogP contribution in [-0.4, -0.2) is 18.0 Å². The molecule has 2 heterocycles. The van der Waals surface area contributed by atoms with Gasteiger partial charge in [0.1, 0.15) is 0 Å². The highest BCUT2D eigenvalue weighted by atomic mass is 35.5. The Morgan fingerprint density at radius 1 is 1.22 bits per heavy atom. The number of nitriles is 1. The Labute approximate surface area is 147 Å². The zero-order valence-corrected chi connectivity index (χ0v) is 15.0. The van der Waals surface area contributed by atoms with Gasteiger partial charge in [-0.25, -0.2) is 0 Å². The maximum absolute atomic E-state index is 8.94. The largest absolute Gasteiger partial charge is 0.299 e. The van der Waals surface area contributed by atoms with Gasteiger partial charge >= 0.3 is 0 Å². The third-order valence-electron chi connectivity index (χ3n) is 4.83. The topological polar surface area (TPSA) is 27.0 Å². The Kier molecular flexibility index (Phi) is 5.06. The molecular formula is C19H21ClN2S.